The quantitative estimate of drug-likeness (QED) is 0.781. The molecule has 1 saturated heterocycles. The Morgan fingerprint density at radius 3 is 2.32 bits per heavy atom. The molecule has 1 amide bonds. The van der Waals surface area contributed by atoms with Crippen molar-refractivity contribution in [3.8, 4) is 0 Å². The lowest BCUT2D eigenvalue weighted by atomic mass is 9.95. The Labute approximate surface area is 165 Å². The van der Waals surface area contributed by atoms with Gasteiger partial charge in [0.25, 0.3) is 0 Å². The van der Waals surface area contributed by atoms with E-state index in [0.717, 1.165) is 11.8 Å². The van der Waals surface area contributed by atoms with Crippen LogP contribution in [-0.2, 0) is 21.2 Å². The molecule has 1 N–H and O–H groups in total. The minimum atomic E-state index is -3.53. The summed E-state index contributed by atoms with van der Waals surface area (Å²) in [5.41, 5.74) is 0.817. The van der Waals surface area contributed by atoms with E-state index in [1.54, 1.807) is 23.1 Å². The number of carbonyl (C=O) groups excluding carboxylic acids is 1. The molecule has 2 rings (SSSR count). The first kappa shape index (κ1) is 22.5. The second kappa shape index (κ2) is 8.91. The fourth-order valence-electron chi connectivity index (χ4n) is 3.05. The molecule has 0 atom stereocenters. The molecular formula is C16H23Cl3N2O3S. The van der Waals surface area contributed by atoms with Gasteiger partial charge in [0, 0.05) is 19.3 Å². The van der Waals surface area contributed by atoms with Crippen LogP contribution < -0.4 is 5.32 Å². The van der Waals surface area contributed by atoms with Crippen LogP contribution in [0.5, 0.6) is 0 Å². The predicted octanol–water partition coefficient (Wildman–Crippen LogP) is 2.93. The van der Waals surface area contributed by atoms with Crippen molar-refractivity contribution in [1.82, 2.24) is 10.2 Å². The summed E-state index contributed by atoms with van der Waals surface area (Å²) in [5.74, 6) is -0.333. The third-order valence-electron chi connectivity index (χ3n) is 4.54. The molecular weight excluding hydrogens is 407 g/mol. The van der Waals surface area contributed by atoms with Crippen LogP contribution in [0.2, 0.25) is 10.0 Å². The second-order valence-corrected chi connectivity index (χ2v) is 9.22. The van der Waals surface area contributed by atoms with Crippen LogP contribution >= 0.6 is 35.6 Å². The van der Waals surface area contributed by atoms with Crippen molar-refractivity contribution in [3.63, 3.8) is 0 Å². The zero-order chi connectivity index (χ0) is 18.0. The molecule has 1 aromatic rings. The fourth-order valence-corrected chi connectivity index (χ4v) is 4.76. The lowest BCUT2D eigenvalue weighted by Gasteiger charge is -2.38. The van der Waals surface area contributed by atoms with Gasteiger partial charge in [-0.25, -0.2) is 8.42 Å². The minimum Gasteiger partial charge on any atom is -0.337 e. The zero-order valence-electron chi connectivity index (χ0n) is 14.2. The molecule has 1 fully saturated rings. The molecule has 0 spiro atoms. The highest BCUT2D eigenvalue weighted by atomic mass is 35.5. The standard InChI is InChI=1S/C16H22Cl2N2O3S.ClH/c1-3-20(11-12-4-5-13(17)14(18)10-12)15(21)16(24(2,22)23)6-8-19-9-7-16;/h4-5,10,19H,3,6-9,11H2,1-2H3;1H. The number of carbonyl (C=O) groups is 1. The topological polar surface area (TPSA) is 66.5 Å². The monoisotopic (exact) mass is 428 g/mol. The lowest BCUT2D eigenvalue weighted by Crippen LogP contribution is -2.58. The van der Waals surface area contributed by atoms with Crippen molar-refractivity contribution in [2.75, 3.05) is 25.9 Å². The van der Waals surface area contributed by atoms with E-state index in [4.69, 9.17) is 23.2 Å². The SMILES string of the molecule is CCN(Cc1ccc(Cl)c(Cl)c1)C(=O)C1(S(C)(=O)=O)CCNCC1.Cl. The van der Waals surface area contributed by atoms with Crippen molar-refractivity contribution in [1.29, 1.82) is 0 Å². The largest absolute Gasteiger partial charge is 0.337 e. The van der Waals surface area contributed by atoms with Crippen LogP contribution in [0.1, 0.15) is 25.3 Å². The van der Waals surface area contributed by atoms with E-state index in [9.17, 15) is 13.2 Å². The molecule has 25 heavy (non-hydrogen) atoms. The molecule has 1 aromatic carbocycles. The van der Waals surface area contributed by atoms with Gasteiger partial charge in [-0.2, -0.15) is 0 Å². The van der Waals surface area contributed by atoms with E-state index in [-0.39, 0.29) is 18.3 Å². The maximum absolute atomic E-state index is 13.1. The number of halogens is 3. The minimum absolute atomic E-state index is 0. The molecule has 142 valence electrons. The predicted molar refractivity (Wildman–Crippen MR) is 104 cm³/mol. The molecule has 1 aliphatic rings. The summed E-state index contributed by atoms with van der Waals surface area (Å²) in [6.45, 7) is 3.60. The van der Waals surface area contributed by atoms with E-state index in [2.05, 4.69) is 5.32 Å². The van der Waals surface area contributed by atoms with Gasteiger partial charge >= 0.3 is 0 Å². The number of piperidine rings is 1. The average molecular weight is 430 g/mol. The van der Waals surface area contributed by atoms with Gasteiger partial charge in [-0.3, -0.25) is 4.79 Å². The highest BCUT2D eigenvalue weighted by molar-refractivity contribution is 7.92. The smallest absolute Gasteiger partial charge is 0.244 e. The van der Waals surface area contributed by atoms with Crippen molar-refractivity contribution in [3.05, 3.63) is 33.8 Å². The first-order valence-corrected chi connectivity index (χ1v) is 10.5. The van der Waals surface area contributed by atoms with Crippen LogP contribution in [0, 0.1) is 0 Å². The van der Waals surface area contributed by atoms with Crippen LogP contribution in [0.3, 0.4) is 0 Å². The van der Waals surface area contributed by atoms with Gasteiger partial charge in [0.2, 0.25) is 5.91 Å². The summed E-state index contributed by atoms with van der Waals surface area (Å²) in [6.07, 6.45) is 1.74. The Bertz CT molecular complexity index is 719. The summed E-state index contributed by atoms with van der Waals surface area (Å²) < 4.78 is 23.5. The Balaban J connectivity index is 0.00000312. The average Bonchev–Trinajstić information content (AvgIpc) is 2.55. The first-order chi connectivity index (χ1) is 11.2. The van der Waals surface area contributed by atoms with Gasteiger partial charge < -0.3 is 10.2 Å². The van der Waals surface area contributed by atoms with Gasteiger partial charge in [-0.05, 0) is 50.6 Å². The third kappa shape index (κ3) is 4.80. The molecule has 0 saturated carbocycles. The molecule has 9 heteroatoms. The number of nitrogens with one attached hydrogen (secondary N) is 1. The normalized spacial score (nSPS) is 16.8. The summed E-state index contributed by atoms with van der Waals surface area (Å²) >= 11 is 11.9. The van der Waals surface area contributed by atoms with E-state index in [0.29, 0.717) is 49.1 Å². The van der Waals surface area contributed by atoms with Gasteiger partial charge in [-0.1, -0.05) is 29.3 Å². The van der Waals surface area contributed by atoms with Crippen molar-refractivity contribution < 1.29 is 13.2 Å². The molecule has 0 aromatic heterocycles. The second-order valence-electron chi connectivity index (χ2n) is 6.08. The number of hydrogen-bond donors (Lipinski definition) is 1. The van der Waals surface area contributed by atoms with Crippen LogP contribution in [0.4, 0.5) is 0 Å². The number of amides is 1. The molecule has 0 radical (unpaired) electrons. The van der Waals surface area contributed by atoms with Crippen molar-refractivity contribution in [2.45, 2.75) is 31.1 Å². The highest BCUT2D eigenvalue weighted by Crippen LogP contribution is 2.31. The maximum Gasteiger partial charge on any atom is 0.244 e. The number of hydrogen-bond acceptors (Lipinski definition) is 4. The lowest BCUT2D eigenvalue weighted by molar-refractivity contribution is -0.135. The van der Waals surface area contributed by atoms with Gasteiger partial charge in [0.1, 0.15) is 0 Å². The van der Waals surface area contributed by atoms with Crippen molar-refractivity contribution >= 4 is 51.4 Å². The maximum atomic E-state index is 13.1. The van der Waals surface area contributed by atoms with Crippen LogP contribution in [-0.4, -0.2) is 49.9 Å². The zero-order valence-corrected chi connectivity index (χ0v) is 17.4. The van der Waals surface area contributed by atoms with Gasteiger partial charge in [0.05, 0.1) is 10.0 Å². The number of sulfone groups is 1. The third-order valence-corrected chi connectivity index (χ3v) is 7.28. The molecule has 0 unspecified atom stereocenters. The van der Waals surface area contributed by atoms with E-state index < -0.39 is 14.6 Å². The Hall–Kier alpha value is -0.530. The van der Waals surface area contributed by atoms with E-state index in [1.807, 2.05) is 6.92 Å². The van der Waals surface area contributed by atoms with Crippen LogP contribution in [0.25, 0.3) is 0 Å². The Kier molecular flexibility index (Phi) is 8.02. The fraction of sp³-hybridized carbons (Fsp3) is 0.562. The number of nitrogens with zero attached hydrogens (tertiary/aromatic N) is 1. The number of rotatable bonds is 5. The van der Waals surface area contributed by atoms with Crippen LogP contribution in [0.15, 0.2) is 18.2 Å². The Morgan fingerprint density at radius 1 is 1.24 bits per heavy atom. The number of benzene rings is 1. The summed E-state index contributed by atoms with van der Waals surface area (Å²) in [4.78, 5) is 14.7. The molecule has 5 nitrogen and oxygen atoms in total. The molecule has 1 heterocycles. The summed E-state index contributed by atoms with van der Waals surface area (Å²) in [7, 11) is -3.53. The first-order valence-electron chi connectivity index (χ1n) is 7.85. The molecule has 0 bridgehead atoms. The van der Waals surface area contributed by atoms with E-state index in [1.165, 1.54) is 0 Å². The van der Waals surface area contributed by atoms with E-state index >= 15 is 0 Å². The van der Waals surface area contributed by atoms with Crippen molar-refractivity contribution in [2.24, 2.45) is 0 Å². The summed E-state index contributed by atoms with van der Waals surface area (Å²) in [6, 6.07) is 5.17. The summed E-state index contributed by atoms with van der Waals surface area (Å²) in [5, 5.41) is 3.98. The molecule has 0 aliphatic carbocycles. The van der Waals surface area contributed by atoms with Gasteiger partial charge in [0.15, 0.2) is 14.6 Å². The Morgan fingerprint density at radius 2 is 1.84 bits per heavy atom. The van der Waals surface area contributed by atoms with Gasteiger partial charge in [-0.15, -0.1) is 12.4 Å². The highest BCUT2D eigenvalue weighted by Gasteiger charge is 2.50. The molecule has 1 aliphatic heterocycles.